The van der Waals surface area contributed by atoms with Crippen LogP contribution in [0.25, 0.3) is 0 Å². The van der Waals surface area contributed by atoms with E-state index >= 15 is 0 Å². The first-order chi connectivity index (χ1) is 12.2. The van der Waals surface area contributed by atoms with E-state index < -0.39 is 0 Å². The summed E-state index contributed by atoms with van der Waals surface area (Å²) in [5.74, 6) is 0.332. The summed E-state index contributed by atoms with van der Waals surface area (Å²) in [6, 6.07) is 17.2. The molecule has 1 aliphatic heterocycles. The van der Waals surface area contributed by atoms with Gasteiger partial charge in [0.15, 0.2) is 0 Å². The highest BCUT2D eigenvalue weighted by Crippen LogP contribution is 2.21. The molecule has 1 saturated heterocycles. The van der Waals surface area contributed by atoms with Gasteiger partial charge < -0.3 is 14.7 Å². The Balaban J connectivity index is 1.66. The second-order valence-electron chi connectivity index (χ2n) is 6.52. The monoisotopic (exact) mass is 339 g/mol. The number of amides is 1. The average molecular weight is 339 g/mol. The molecule has 1 heterocycles. The van der Waals surface area contributed by atoms with Crippen LogP contribution in [0, 0.1) is 0 Å². The molecule has 0 saturated carbocycles. The molecule has 4 nitrogen and oxygen atoms in total. The van der Waals surface area contributed by atoms with Gasteiger partial charge in [-0.1, -0.05) is 48.5 Å². The highest BCUT2D eigenvalue weighted by molar-refractivity contribution is 5.76. The van der Waals surface area contributed by atoms with Crippen LogP contribution in [0.5, 0.6) is 5.75 Å². The maximum Gasteiger partial charge on any atom is 0.223 e. The van der Waals surface area contributed by atoms with Gasteiger partial charge in [-0.05, 0) is 30.9 Å². The molecule has 2 aromatic carbocycles. The zero-order valence-electron chi connectivity index (χ0n) is 14.4. The molecule has 3 rings (SSSR count). The average Bonchev–Trinajstić information content (AvgIpc) is 3.15. The molecule has 0 aromatic heterocycles. The van der Waals surface area contributed by atoms with E-state index in [1.165, 1.54) is 0 Å². The lowest BCUT2D eigenvalue weighted by Gasteiger charge is -2.26. The Morgan fingerprint density at radius 3 is 2.60 bits per heavy atom. The van der Waals surface area contributed by atoms with Gasteiger partial charge in [-0.3, -0.25) is 4.79 Å². The summed E-state index contributed by atoms with van der Waals surface area (Å²) >= 11 is 0. The third kappa shape index (κ3) is 5.07. The second kappa shape index (κ2) is 8.67. The van der Waals surface area contributed by atoms with Gasteiger partial charge in [-0.25, -0.2) is 0 Å². The standard InChI is InChI=1S/C21H25NO3/c23-20-11-5-4-9-18(20)15-22(16-19-10-6-14-25-19)21(24)13-12-17-7-2-1-3-8-17/h1-5,7-9,11,19,23H,6,10,12-16H2. The Morgan fingerprint density at radius 1 is 1.12 bits per heavy atom. The number of hydrogen-bond donors (Lipinski definition) is 1. The van der Waals surface area contributed by atoms with Crippen molar-refractivity contribution >= 4 is 5.91 Å². The number of hydrogen-bond acceptors (Lipinski definition) is 3. The van der Waals surface area contributed by atoms with Crippen LogP contribution in [-0.2, 0) is 22.5 Å². The Kier molecular flexibility index (Phi) is 6.07. The summed E-state index contributed by atoms with van der Waals surface area (Å²) in [6.45, 7) is 1.77. The van der Waals surface area contributed by atoms with Crippen LogP contribution in [0.1, 0.15) is 30.4 Å². The first-order valence-electron chi connectivity index (χ1n) is 8.92. The van der Waals surface area contributed by atoms with Gasteiger partial charge in [0.05, 0.1) is 6.10 Å². The second-order valence-corrected chi connectivity index (χ2v) is 6.52. The van der Waals surface area contributed by atoms with E-state index in [0.717, 1.165) is 37.0 Å². The molecule has 132 valence electrons. The van der Waals surface area contributed by atoms with Crippen molar-refractivity contribution in [3.8, 4) is 5.75 Å². The molecule has 0 bridgehead atoms. The molecule has 25 heavy (non-hydrogen) atoms. The fourth-order valence-electron chi connectivity index (χ4n) is 3.19. The maximum atomic E-state index is 12.8. The number of benzene rings is 2. The molecule has 1 fully saturated rings. The lowest BCUT2D eigenvalue weighted by atomic mass is 10.1. The summed E-state index contributed by atoms with van der Waals surface area (Å²) in [5, 5.41) is 10.0. The molecule has 1 aliphatic rings. The lowest BCUT2D eigenvalue weighted by Crippen LogP contribution is -2.37. The normalized spacial score (nSPS) is 16.7. The van der Waals surface area contributed by atoms with Crippen LogP contribution < -0.4 is 0 Å². The van der Waals surface area contributed by atoms with Gasteiger partial charge >= 0.3 is 0 Å². The first-order valence-corrected chi connectivity index (χ1v) is 8.92. The molecule has 2 aromatic rings. The SMILES string of the molecule is O=C(CCc1ccccc1)N(Cc1ccccc1O)CC1CCCO1. The van der Waals surface area contributed by atoms with Gasteiger partial charge in [0.2, 0.25) is 5.91 Å². The van der Waals surface area contributed by atoms with Crippen LogP contribution in [0.4, 0.5) is 0 Å². The predicted molar refractivity (Wildman–Crippen MR) is 97.3 cm³/mol. The van der Waals surface area contributed by atoms with Gasteiger partial charge in [-0.15, -0.1) is 0 Å². The van der Waals surface area contributed by atoms with Crippen LogP contribution >= 0.6 is 0 Å². The Labute approximate surface area is 149 Å². The fourth-order valence-corrected chi connectivity index (χ4v) is 3.19. The number of phenols is 1. The molecule has 4 heteroatoms. The van der Waals surface area contributed by atoms with E-state index in [4.69, 9.17) is 4.74 Å². The molecule has 1 amide bonds. The quantitative estimate of drug-likeness (QED) is 0.839. The van der Waals surface area contributed by atoms with E-state index in [1.807, 2.05) is 47.4 Å². The summed E-state index contributed by atoms with van der Waals surface area (Å²) in [6.07, 6.45) is 3.33. The van der Waals surface area contributed by atoms with E-state index in [2.05, 4.69) is 0 Å². The van der Waals surface area contributed by atoms with Crippen LogP contribution in [0.2, 0.25) is 0 Å². The number of carbonyl (C=O) groups is 1. The topological polar surface area (TPSA) is 49.8 Å². The van der Waals surface area contributed by atoms with Crippen LogP contribution in [-0.4, -0.2) is 35.2 Å². The molecule has 1 unspecified atom stereocenters. The largest absolute Gasteiger partial charge is 0.508 e. The van der Waals surface area contributed by atoms with Crippen molar-refractivity contribution in [3.63, 3.8) is 0 Å². The maximum absolute atomic E-state index is 12.8. The number of aryl methyl sites for hydroxylation is 1. The van der Waals surface area contributed by atoms with Crippen molar-refractivity contribution in [2.24, 2.45) is 0 Å². The van der Waals surface area contributed by atoms with Crippen LogP contribution in [0.15, 0.2) is 54.6 Å². The van der Waals surface area contributed by atoms with Crippen molar-refractivity contribution in [2.45, 2.75) is 38.3 Å². The third-order valence-electron chi connectivity index (χ3n) is 4.62. The number of rotatable bonds is 7. The van der Waals surface area contributed by atoms with Crippen LogP contribution in [0.3, 0.4) is 0 Å². The van der Waals surface area contributed by atoms with E-state index in [-0.39, 0.29) is 17.8 Å². The number of para-hydroxylation sites is 1. The van der Waals surface area contributed by atoms with Gasteiger partial charge in [0.25, 0.3) is 0 Å². The van der Waals surface area contributed by atoms with E-state index in [9.17, 15) is 9.90 Å². The van der Waals surface area contributed by atoms with Crippen molar-refractivity contribution < 1.29 is 14.6 Å². The summed E-state index contributed by atoms with van der Waals surface area (Å²) in [5.41, 5.74) is 1.93. The lowest BCUT2D eigenvalue weighted by molar-refractivity contribution is -0.133. The van der Waals surface area contributed by atoms with Gasteiger partial charge in [-0.2, -0.15) is 0 Å². The number of aromatic hydroxyl groups is 1. The minimum absolute atomic E-state index is 0.0996. The Morgan fingerprint density at radius 2 is 1.88 bits per heavy atom. The zero-order valence-corrected chi connectivity index (χ0v) is 14.4. The van der Waals surface area contributed by atoms with Gasteiger partial charge in [0.1, 0.15) is 5.75 Å². The minimum Gasteiger partial charge on any atom is -0.508 e. The summed E-state index contributed by atoms with van der Waals surface area (Å²) < 4.78 is 5.71. The smallest absolute Gasteiger partial charge is 0.223 e. The minimum atomic E-state index is 0.0996. The molecule has 1 atom stereocenters. The Bertz CT molecular complexity index is 681. The molecular formula is C21H25NO3. The summed E-state index contributed by atoms with van der Waals surface area (Å²) in [7, 11) is 0. The fraction of sp³-hybridized carbons (Fsp3) is 0.381. The highest BCUT2D eigenvalue weighted by Gasteiger charge is 2.23. The molecule has 0 aliphatic carbocycles. The number of nitrogens with zero attached hydrogens (tertiary/aromatic N) is 1. The predicted octanol–water partition coefficient (Wildman–Crippen LogP) is 3.53. The first kappa shape index (κ1) is 17.5. The molecule has 0 radical (unpaired) electrons. The molecular weight excluding hydrogens is 314 g/mol. The third-order valence-corrected chi connectivity index (χ3v) is 4.62. The van der Waals surface area contributed by atoms with E-state index in [0.29, 0.717) is 19.5 Å². The number of ether oxygens (including phenoxy) is 1. The summed E-state index contributed by atoms with van der Waals surface area (Å²) in [4.78, 5) is 14.6. The van der Waals surface area contributed by atoms with Crippen molar-refractivity contribution in [2.75, 3.05) is 13.2 Å². The van der Waals surface area contributed by atoms with Crippen molar-refractivity contribution in [1.29, 1.82) is 0 Å². The van der Waals surface area contributed by atoms with Crippen molar-refractivity contribution in [1.82, 2.24) is 4.90 Å². The van der Waals surface area contributed by atoms with Gasteiger partial charge in [0, 0.05) is 31.7 Å². The highest BCUT2D eigenvalue weighted by atomic mass is 16.5. The number of phenolic OH excluding ortho intramolecular Hbond substituents is 1. The molecule has 1 N–H and O–H groups in total. The van der Waals surface area contributed by atoms with E-state index in [1.54, 1.807) is 12.1 Å². The zero-order chi connectivity index (χ0) is 17.5. The molecule has 0 spiro atoms. The number of carbonyl (C=O) groups excluding carboxylic acids is 1. The van der Waals surface area contributed by atoms with Crippen molar-refractivity contribution in [3.05, 3.63) is 65.7 Å². The Hall–Kier alpha value is -2.33.